The SMILES string of the molecule is CC[S+]([O-])c1c(-c2nc3cc(C(F)(F)F)n(C)c(=O)c3n2C)nn2cc(C3CC3)ccc12. The van der Waals surface area contributed by atoms with Crippen molar-refractivity contribution in [1.82, 2.24) is 23.7 Å². The van der Waals surface area contributed by atoms with Crippen LogP contribution in [-0.2, 0) is 31.4 Å². The van der Waals surface area contributed by atoms with Gasteiger partial charge in [-0.2, -0.15) is 18.3 Å². The molecule has 11 heteroatoms. The second-order valence-electron chi connectivity index (χ2n) is 8.00. The number of aryl methyl sites for hydroxylation is 1. The molecule has 0 bridgehead atoms. The van der Waals surface area contributed by atoms with Gasteiger partial charge in [0, 0.05) is 20.3 Å². The van der Waals surface area contributed by atoms with Crippen LogP contribution in [0.5, 0.6) is 0 Å². The number of imidazole rings is 1. The third-order valence-corrected chi connectivity index (χ3v) is 7.29. The minimum absolute atomic E-state index is 0.0273. The lowest BCUT2D eigenvalue weighted by molar-refractivity contribution is -0.143. The predicted octanol–water partition coefficient (Wildman–Crippen LogP) is 3.61. The summed E-state index contributed by atoms with van der Waals surface area (Å²) < 4.78 is 56.8. The summed E-state index contributed by atoms with van der Waals surface area (Å²) in [5, 5.41) is 4.61. The average molecular weight is 463 g/mol. The van der Waals surface area contributed by atoms with Crippen LogP contribution in [0.15, 0.2) is 34.1 Å². The van der Waals surface area contributed by atoms with E-state index in [-0.39, 0.29) is 16.9 Å². The standard InChI is InChI=1S/C21H20F3N5O2S/c1-4-32(31)18-14-8-7-12(11-5-6-11)10-29(14)26-16(18)19-25-13-9-15(21(22,23)24)27(2)20(30)17(13)28(19)3/h7-11H,4-6H2,1-3H3. The maximum absolute atomic E-state index is 13.4. The summed E-state index contributed by atoms with van der Waals surface area (Å²) in [5.74, 6) is 1.03. The van der Waals surface area contributed by atoms with E-state index in [1.54, 1.807) is 18.5 Å². The van der Waals surface area contributed by atoms with Crippen molar-refractivity contribution in [2.24, 2.45) is 14.1 Å². The van der Waals surface area contributed by atoms with Gasteiger partial charge in [-0.15, -0.1) is 0 Å². The van der Waals surface area contributed by atoms with E-state index in [9.17, 15) is 22.5 Å². The molecular formula is C21H20F3N5O2S. The lowest BCUT2D eigenvalue weighted by atomic mass is 10.2. The molecule has 0 N–H and O–H groups in total. The van der Waals surface area contributed by atoms with Crippen LogP contribution in [0.4, 0.5) is 13.2 Å². The molecule has 1 aliphatic rings. The Balaban J connectivity index is 1.79. The summed E-state index contributed by atoms with van der Waals surface area (Å²) in [6, 6.07) is 4.73. The number of hydrogen-bond acceptors (Lipinski definition) is 4. The zero-order valence-corrected chi connectivity index (χ0v) is 18.4. The smallest absolute Gasteiger partial charge is 0.431 e. The quantitative estimate of drug-likeness (QED) is 0.433. The van der Waals surface area contributed by atoms with E-state index in [1.165, 1.54) is 4.57 Å². The van der Waals surface area contributed by atoms with Gasteiger partial charge in [-0.1, -0.05) is 6.07 Å². The normalized spacial score (nSPS) is 15.7. The van der Waals surface area contributed by atoms with Gasteiger partial charge < -0.3 is 13.7 Å². The highest BCUT2D eigenvalue weighted by Gasteiger charge is 2.36. The molecule has 1 saturated carbocycles. The number of pyridine rings is 2. The Morgan fingerprint density at radius 1 is 1.22 bits per heavy atom. The minimum Gasteiger partial charge on any atom is -0.611 e. The molecule has 1 atom stereocenters. The molecule has 7 nitrogen and oxygen atoms in total. The molecule has 4 aromatic rings. The average Bonchev–Trinajstić information content (AvgIpc) is 3.44. The molecule has 1 fully saturated rings. The van der Waals surface area contributed by atoms with E-state index < -0.39 is 28.6 Å². The third-order valence-electron chi connectivity index (χ3n) is 5.91. The first-order valence-corrected chi connectivity index (χ1v) is 11.5. The summed E-state index contributed by atoms with van der Waals surface area (Å²) in [4.78, 5) is 17.6. The van der Waals surface area contributed by atoms with E-state index in [2.05, 4.69) is 10.1 Å². The molecule has 0 aliphatic heterocycles. The van der Waals surface area contributed by atoms with Crippen molar-refractivity contribution >= 4 is 27.7 Å². The Morgan fingerprint density at radius 2 is 1.94 bits per heavy atom. The van der Waals surface area contributed by atoms with Gasteiger partial charge in [0.05, 0.1) is 5.52 Å². The van der Waals surface area contributed by atoms with Gasteiger partial charge >= 0.3 is 6.18 Å². The Kier molecular flexibility index (Phi) is 4.68. The van der Waals surface area contributed by atoms with E-state index in [0.29, 0.717) is 32.3 Å². The van der Waals surface area contributed by atoms with Crippen LogP contribution in [0, 0.1) is 0 Å². The highest BCUT2D eigenvalue weighted by Crippen LogP contribution is 2.41. The first-order valence-electron chi connectivity index (χ1n) is 10.2. The Labute approximate surface area is 183 Å². The van der Waals surface area contributed by atoms with Crippen LogP contribution in [0.2, 0.25) is 0 Å². The zero-order chi connectivity index (χ0) is 22.9. The van der Waals surface area contributed by atoms with Crippen molar-refractivity contribution in [2.45, 2.75) is 36.8 Å². The third kappa shape index (κ3) is 3.14. The number of nitrogens with zero attached hydrogens (tertiary/aromatic N) is 5. The summed E-state index contributed by atoms with van der Waals surface area (Å²) >= 11 is -1.41. The van der Waals surface area contributed by atoms with E-state index >= 15 is 0 Å². The molecule has 0 amide bonds. The molecule has 0 spiro atoms. The van der Waals surface area contributed by atoms with Crippen LogP contribution in [0.25, 0.3) is 28.1 Å². The van der Waals surface area contributed by atoms with Crippen LogP contribution in [-0.4, -0.2) is 34.0 Å². The number of hydrogen-bond donors (Lipinski definition) is 0. The van der Waals surface area contributed by atoms with Crippen LogP contribution in [0.3, 0.4) is 0 Å². The first kappa shape index (κ1) is 21.1. The summed E-state index contributed by atoms with van der Waals surface area (Å²) in [7, 11) is 2.64. The van der Waals surface area contributed by atoms with Gasteiger partial charge in [-0.25, -0.2) is 9.50 Å². The predicted molar refractivity (Wildman–Crippen MR) is 114 cm³/mol. The molecular weight excluding hydrogens is 443 g/mol. The Hall–Kier alpha value is -2.79. The van der Waals surface area contributed by atoms with Gasteiger partial charge in [0.15, 0.2) is 11.5 Å². The van der Waals surface area contributed by atoms with Crippen LogP contribution >= 0.6 is 0 Å². The van der Waals surface area contributed by atoms with Gasteiger partial charge in [0.2, 0.25) is 4.90 Å². The van der Waals surface area contributed by atoms with E-state index in [0.717, 1.165) is 31.5 Å². The zero-order valence-electron chi connectivity index (χ0n) is 17.6. The molecule has 32 heavy (non-hydrogen) atoms. The summed E-state index contributed by atoms with van der Waals surface area (Å²) in [5.41, 5.74) is 0.137. The lowest BCUT2D eigenvalue weighted by Gasteiger charge is -2.11. The van der Waals surface area contributed by atoms with Gasteiger partial charge in [-0.05, 0) is 54.6 Å². The largest absolute Gasteiger partial charge is 0.611 e. The van der Waals surface area contributed by atoms with Gasteiger partial charge in [0.25, 0.3) is 5.56 Å². The molecule has 1 aliphatic carbocycles. The van der Waals surface area contributed by atoms with Gasteiger partial charge in [-0.3, -0.25) is 4.79 Å². The highest BCUT2D eigenvalue weighted by atomic mass is 32.2. The highest BCUT2D eigenvalue weighted by molar-refractivity contribution is 7.91. The fraction of sp³-hybridized carbons (Fsp3) is 0.381. The Bertz CT molecular complexity index is 1430. The number of rotatable bonds is 4. The topological polar surface area (TPSA) is 80.2 Å². The molecule has 0 saturated heterocycles. The maximum Gasteiger partial charge on any atom is 0.431 e. The molecule has 0 aromatic carbocycles. The van der Waals surface area contributed by atoms with Crippen LogP contribution in [0.1, 0.15) is 36.9 Å². The molecule has 168 valence electrons. The Morgan fingerprint density at radius 3 is 2.56 bits per heavy atom. The van der Waals surface area contributed by atoms with E-state index in [1.807, 2.05) is 18.3 Å². The second kappa shape index (κ2) is 7.11. The minimum atomic E-state index is -4.70. The second-order valence-corrected chi connectivity index (χ2v) is 9.67. The van der Waals surface area contributed by atoms with Crippen molar-refractivity contribution in [3.8, 4) is 11.5 Å². The number of alkyl halides is 3. The lowest BCUT2D eigenvalue weighted by Crippen LogP contribution is -2.26. The molecule has 4 heterocycles. The molecule has 5 rings (SSSR count). The monoisotopic (exact) mass is 463 g/mol. The van der Waals surface area contributed by atoms with Crippen molar-refractivity contribution in [2.75, 3.05) is 5.75 Å². The number of fused-ring (bicyclic) bond motifs is 2. The van der Waals surface area contributed by atoms with Crippen molar-refractivity contribution in [1.29, 1.82) is 0 Å². The number of aromatic nitrogens is 5. The molecule has 1 unspecified atom stereocenters. The molecule has 4 aromatic heterocycles. The fourth-order valence-corrected chi connectivity index (χ4v) is 5.10. The maximum atomic E-state index is 13.4. The fourth-order valence-electron chi connectivity index (χ4n) is 4.07. The summed E-state index contributed by atoms with van der Waals surface area (Å²) in [6.07, 6.45) is -0.570. The van der Waals surface area contributed by atoms with Gasteiger partial charge in [0.1, 0.15) is 22.5 Å². The van der Waals surface area contributed by atoms with Crippen molar-refractivity contribution in [3.05, 3.63) is 46.0 Å². The summed E-state index contributed by atoms with van der Waals surface area (Å²) in [6.45, 7) is 1.78. The first-order chi connectivity index (χ1) is 15.1. The molecule has 0 radical (unpaired) electrons. The van der Waals surface area contributed by atoms with E-state index in [4.69, 9.17) is 0 Å². The number of halogens is 3. The van der Waals surface area contributed by atoms with Crippen LogP contribution < -0.4 is 5.56 Å². The van der Waals surface area contributed by atoms with Crippen molar-refractivity contribution in [3.63, 3.8) is 0 Å². The van der Waals surface area contributed by atoms with Crippen molar-refractivity contribution < 1.29 is 17.7 Å².